The minimum absolute atomic E-state index is 0.0260. The molecule has 0 radical (unpaired) electrons. The number of carboxylic acid groups (broad SMARTS) is 1. The van der Waals surface area contributed by atoms with Crippen molar-refractivity contribution in [2.24, 2.45) is 0 Å². The van der Waals surface area contributed by atoms with Crippen molar-refractivity contribution in [1.29, 1.82) is 0 Å². The van der Waals surface area contributed by atoms with Crippen LogP contribution in [0.2, 0.25) is 0 Å². The summed E-state index contributed by atoms with van der Waals surface area (Å²) >= 11 is 0. The van der Waals surface area contributed by atoms with Crippen molar-refractivity contribution in [2.45, 2.75) is 18.4 Å². The molecule has 0 spiro atoms. The third kappa shape index (κ3) is 2.28. The number of rotatable bonds is 4. The molecule has 1 unspecified atom stereocenters. The Morgan fingerprint density at radius 3 is 2.74 bits per heavy atom. The fraction of sp³-hybridized carbons (Fsp3) is 0.500. The van der Waals surface area contributed by atoms with Crippen LogP contribution in [-0.4, -0.2) is 57.7 Å². The predicted octanol–water partition coefficient (Wildman–Crippen LogP) is 0.182. The fourth-order valence-corrected chi connectivity index (χ4v) is 2.41. The summed E-state index contributed by atoms with van der Waals surface area (Å²) in [4.78, 5) is 32.8. The second-order valence-corrected chi connectivity index (χ2v) is 4.46. The molecule has 1 aromatic heterocycles. The highest BCUT2D eigenvalue weighted by molar-refractivity contribution is 5.97. The van der Waals surface area contributed by atoms with E-state index in [2.05, 4.69) is 9.97 Å². The normalized spacial score (nSPS) is 22.5. The van der Waals surface area contributed by atoms with Crippen molar-refractivity contribution in [3.8, 4) is 0 Å². The van der Waals surface area contributed by atoms with Gasteiger partial charge in [-0.25, -0.2) is 14.8 Å². The van der Waals surface area contributed by atoms with Gasteiger partial charge >= 0.3 is 5.97 Å². The van der Waals surface area contributed by atoms with Crippen LogP contribution in [0.3, 0.4) is 0 Å². The molecule has 7 nitrogen and oxygen atoms in total. The third-order valence-electron chi connectivity index (χ3n) is 3.32. The molecular weight excluding hydrogens is 250 g/mol. The standard InChI is InChI=1S/C12H15N3O4/c1-19-7-12(11(17)18)3-2-4-15(12)10(16)9-5-13-8-14-6-9/h5-6,8H,2-4,7H2,1H3,(H,17,18). The van der Waals surface area contributed by atoms with Crippen molar-refractivity contribution >= 4 is 11.9 Å². The van der Waals surface area contributed by atoms with Crippen molar-refractivity contribution < 1.29 is 19.4 Å². The van der Waals surface area contributed by atoms with Gasteiger partial charge in [0.2, 0.25) is 0 Å². The summed E-state index contributed by atoms with van der Waals surface area (Å²) in [5.41, 5.74) is -1.01. The van der Waals surface area contributed by atoms with Gasteiger partial charge in [-0.1, -0.05) is 0 Å². The van der Waals surface area contributed by atoms with E-state index in [9.17, 15) is 14.7 Å². The van der Waals surface area contributed by atoms with Crippen LogP contribution >= 0.6 is 0 Å². The maximum atomic E-state index is 12.4. The highest BCUT2D eigenvalue weighted by Gasteiger charge is 2.50. The van der Waals surface area contributed by atoms with Crippen LogP contribution in [0.15, 0.2) is 18.7 Å². The van der Waals surface area contributed by atoms with Gasteiger partial charge < -0.3 is 14.7 Å². The molecule has 19 heavy (non-hydrogen) atoms. The Kier molecular flexibility index (Phi) is 3.75. The number of methoxy groups -OCH3 is 1. The summed E-state index contributed by atoms with van der Waals surface area (Å²) in [6.07, 6.45) is 5.10. The van der Waals surface area contributed by atoms with Crippen molar-refractivity contribution in [3.05, 3.63) is 24.3 Å². The number of nitrogens with zero attached hydrogens (tertiary/aromatic N) is 3. The first kappa shape index (κ1) is 13.4. The monoisotopic (exact) mass is 265 g/mol. The van der Waals surface area contributed by atoms with Crippen LogP contribution in [-0.2, 0) is 9.53 Å². The van der Waals surface area contributed by atoms with E-state index >= 15 is 0 Å². The zero-order valence-electron chi connectivity index (χ0n) is 10.6. The molecule has 1 amide bonds. The van der Waals surface area contributed by atoms with Crippen LogP contribution in [0.1, 0.15) is 23.2 Å². The molecule has 1 aromatic rings. The summed E-state index contributed by atoms with van der Waals surface area (Å²) in [7, 11) is 1.43. The SMILES string of the molecule is COCC1(C(=O)O)CCCN1C(=O)c1cncnc1. The third-order valence-corrected chi connectivity index (χ3v) is 3.32. The van der Waals surface area contributed by atoms with E-state index in [1.165, 1.54) is 30.7 Å². The Bertz CT molecular complexity index is 479. The topological polar surface area (TPSA) is 92.6 Å². The number of aliphatic carboxylic acids is 1. The summed E-state index contributed by atoms with van der Waals surface area (Å²) < 4.78 is 5.00. The molecule has 1 fully saturated rings. The molecule has 0 bridgehead atoms. The Hall–Kier alpha value is -2.02. The van der Waals surface area contributed by atoms with Crippen molar-refractivity contribution in [1.82, 2.24) is 14.9 Å². The first-order valence-electron chi connectivity index (χ1n) is 5.91. The van der Waals surface area contributed by atoms with E-state index in [4.69, 9.17) is 4.74 Å². The van der Waals surface area contributed by atoms with Gasteiger partial charge in [-0.05, 0) is 12.8 Å². The van der Waals surface area contributed by atoms with E-state index in [-0.39, 0.29) is 18.1 Å². The average Bonchev–Trinajstić information content (AvgIpc) is 2.84. The maximum Gasteiger partial charge on any atom is 0.332 e. The van der Waals surface area contributed by atoms with Crippen LogP contribution in [0, 0.1) is 0 Å². The van der Waals surface area contributed by atoms with Crippen LogP contribution in [0.25, 0.3) is 0 Å². The predicted molar refractivity (Wildman–Crippen MR) is 64.5 cm³/mol. The Labute approximate surface area is 110 Å². The second-order valence-electron chi connectivity index (χ2n) is 4.46. The van der Waals surface area contributed by atoms with E-state index in [0.29, 0.717) is 19.4 Å². The molecule has 0 saturated carbocycles. The van der Waals surface area contributed by atoms with Gasteiger partial charge in [-0.3, -0.25) is 4.79 Å². The van der Waals surface area contributed by atoms with Crippen molar-refractivity contribution in [3.63, 3.8) is 0 Å². The summed E-state index contributed by atoms with van der Waals surface area (Å²) in [6.45, 7) is 0.366. The van der Waals surface area contributed by atoms with Gasteiger partial charge in [-0.15, -0.1) is 0 Å². The molecule has 2 rings (SSSR count). The van der Waals surface area contributed by atoms with E-state index in [1.807, 2.05) is 0 Å². The number of ether oxygens (including phenoxy) is 1. The van der Waals surface area contributed by atoms with Crippen LogP contribution in [0.4, 0.5) is 0 Å². The number of hydrogen-bond donors (Lipinski definition) is 1. The fourth-order valence-electron chi connectivity index (χ4n) is 2.41. The molecule has 1 saturated heterocycles. The average molecular weight is 265 g/mol. The number of likely N-dealkylation sites (tertiary alicyclic amines) is 1. The van der Waals surface area contributed by atoms with Gasteiger partial charge in [0.05, 0.1) is 12.2 Å². The molecule has 0 aliphatic carbocycles. The van der Waals surface area contributed by atoms with Crippen LogP contribution < -0.4 is 0 Å². The number of carboxylic acids is 1. The first-order chi connectivity index (χ1) is 9.12. The molecule has 1 aliphatic heterocycles. The van der Waals surface area contributed by atoms with Crippen LogP contribution in [0.5, 0.6) is 0 Å². The second kappa shape index (κ2) is 5.31. The summed E-state index contributed by atoms with van der Waals surface area (Å²) in [5, 5.41) is 9.46. The Balaban J connectivity index is 2.32. The number of hydrogen-bond acceptors (Lipinski definition) is 5. The molecular formula is C12H15N3O4. The van der Waals surface area contributed by atoms with Gasteiger partial charge in [0.15, 0.2) is 5.54 Å². The Morgan fingerprint density at radius 2 is 2.16 bits per heavy atom. The highest BCUT2D eigenvalue weighted by atomic mass is 16.5. The number of aromatic nitrogens is 2. The lowest BCUT2D eigenvalue weighted by Gasteiger charge is -2.33. The van der Waals surface area contributed by atoms with Gasteiger partial charge in [0, 0.05) is 26.0 Å². The number of carbonyl (C=O) groups is 2. The molecule has 1 atom stereocenters. The smallest absolute Gasteiger partial charge is 0.332 e. The molecule has 2 heterocycles. The van der Waals surface area contributed by atoms with E-state index < -0.39 is 11.5 Å². The summed E-state index contributed by atoms with van der Waals surface area (Å²) in [6, 6.07) is 0. The van der Waals surface area contributed by atoms with Gasteiger partial charge in [-0.2, -0.15) is 0 Å². The minimum atomic E-state index is -1.29. The van der Waals surface area contributed by atoms with Gasteiger partial charge in [0.25, 0.3) is 5.91 Å². The zero-order chi connectivity index (χ0) is 13.9. The number of carbonyl (C=O) groups excluding carboxylic acids is 1. The van der Waals surface area contributed by atoms with E-state index in [1.54, 1.807) is 0 Å². The quantitative estimate of drug-likeness (QED) is 0.835. The molecule has 7 heteroatoms. The van der Waals surface area contributed by atoms with Crippen molar-refractivity contribution in [2.75, 3.05) is 20.3 Å². The lowest BCUT2D eigenvalue weighted by atomic mass is 9.97. The number of amides is 1. The minimum Gasteiger partial charge on any atom is -0.479 e. The molecule has 102 valence electrons. The highest BCUT2D eigenvalue weighted by Crippen LogP contribution is 2.31. The Morgan fingerprint density at radius 1 is 1.47 bits per heavy atom. The first-order valence-corrected chi connectivity index (χ1v) is 5.91. The lowest BCUT2D eigenvalue weighted by Crippen LogP contribution is -2.56. The van der Waals surface area contributed by atoms with E-state index in [0.717, 1.165) is 0 Å². The zero-order valence-corrected chi connectivity index (χ0v) is 10.6. The lowest BCUT2D eigenvalue weighted by molar-refractivity contribution is -0.151. The van der Waals surface area contributed by atoms with Gasteiger partial charge in [0.1, 0.15) is 6.33 Å². The molecule has 1 aliphatic rings. The maximum absolute atomic E-state index is 12.4. The largest absolute Gasteiger partial charge is 0.479 e. The molecule has 1 N–H and O–H groups in total. The summed E-state index contributed by atoms with van der Waals surface area (Å²) in [5.74, 6) is -1.42. The molecule has 0 aromatic carbocycles.